The number of hydrogen-bond acceptors (Lipinski definition) is 5. The molecule has 0 fully saturated rings. The monoisotopic (exact) mass is 266 g/mol. The zero-order valence-corrected chi connectivity index (χ0v) is 10.5. The number of hydrogen-bond donors (Lipinski definition) is 2. The summed E-state index contributed by atoms with van der Waals surface area (Å²) in [5.74, 6) is -0.489. The largest absolute Gasteiger partial charge is 0.453 e. The Morgan fingerprint density at radius 1 is 0.947 bits per heavy atom. The summed E-state index contributed by atoms with van der Waals surface area (Å²) in [5, 5.41) is 4.42. The molecule has 0 bridgehead atoms. The van der Waals surface area contributed by atoms with Crippen molar-refractivity contribution in [3.8, 4) is 0 Å². The molecule has 0 unspecified atom stereocenters. The van der Waals surface area contributed by atoms with Crippen LogP contribution in [0, 0.1) is 0 Å². The summed E-state index contributed by atoms with van der Waals surface area (Å²) in [6.07, 6.45) is -2.95. The fourth-order valence-electron chi connectivity index (χ4n) is 1.29. The van der Waals surface area contributed by atoms with Crippen LogP contribution in [0.25, 0.3) is 0 Å². The second kappa shape index (κ2) is 7.00. The van der Waals surface area contributed by atoms with Crippen LogP contribution in [0.3, 0.4) is 0 Å². The van der Waals surface area contributed by atoms with Crippen molar-refractivity contribution in [2.45, 2.75) is 6.17 Å². The van der Waals surface area contributed by atoms with Gasteiger partial charge < -0.3 is 9.47 Å². The van der Waals surface area contributed by atoms with E-state index in [1.807, 2.05) is 0 Å². The number of nitrogens with one attached hydrogen (secondary N) is 2. The lowest BCUT2D eigenvalue weighted by Gasteiger charge is -2.17. The van der Waals surface area contributed by atoms with Crippen LogP contribution in [0.1, 0.15) is 10.4 Å². The first-order valence-corrected chi connectivity index (χ1v) is 5.36. The lowest BCUT2D eigenvalue weighted by molar-refractivity contribution is 0.0897. The quantitative estimate of drug-likeness (QED) is 0.624. The molecular weight excluding hydrogens is 252 g/mol. The second-order valence-corrected chi connectivity index (χ2v) is 3.44. The van der Waals surface area contributed by atoms with Gasteiger partial charge in [-0.1, -0.05) is 30.3 Å². The molecule has 0 aromatic heterocycles. The molecule has 7 heteroatoms. The Bertz CT molecular complexity index is 442. The Balaban J connectivity index is 2.86. The average Bonchev–Trinajstić information content (AvgIpc) is 2.46. The first-order chi connectivity index (χ1) is 9.08. The lowest BCUT2D eigenvalue weighted by atomic mass is 10.1. The number of alkyl carbamates (subject to hydrolysis) is 2. The van der Waals surface area contributed by atoms with Crippen LogP contribution in [0.2, 0.25) is 0 Å². The summed E-state index contributed by atoms with van der Waals surface area (Å²) in [6, 6.07) is 8.20. The van der Waals surface area contributed by atoms with Crippen molar-refractivity contribution >= 4 is 18.0 Å². The molecular formula is C12H14N2O5. The Morgan fingerprint density at radius 3 is 1.84 bits per heavy atom. The molecule has 0 radical (unpaired) electrons. The summed E-state index contributed by atoms with van der Waals surface area (Å²) in [7, 11) is 2.30. The minimum atomic E-state index is -1.26. The van der Waals surface area contributed by atoms with Crippen LogP contribution in [0.15, 0.2) is 30.3 Å². The Kier molecular flexibility index (Phi) is 5.34. The summed E-state index contributed by atoms with van der Waals surface area (Å²) in [4.78, 5) is 34.4. The van der Waals surface area contributed by atoms with E-state index in [1.54, 1.807) is 30.3 Å². The van der Waals surface area contributed by atoms with Gasteiger partial charge in [0.2, 0.25) is 5.78 Å². The average molecular weight is 266 g/mol. The minimum Gasteiger partial charge on any atom is -0.453 e. The van der Waals surface area contributed by atoms with Crippen LogP contribution in [0.5, 0.6) is 0 Å². The molecule has 1 aromatic rings. The van der Waals surface area contributed by atoms with Crippen LogP contribution < -0.4 is 10.6 Å². The van der Waals surface area contributed by atoms with E-state index < -0.39 is 24.1 Å². The van der Waals surface area contributed by atoms with Crippen molar-refractivity contribution in [3.63, 3.8) is 0 Å². The molecule has 2 N–H and O–H groups in total. The summed E-state index contributed by atoms with van der Waals surface area (Å²) >= 11 is 0. The van der Waals surface area contributed by atoms with E-state index in [0.717, 1.165) is 14.2 Å². The molecule has 0 aliphatic heterocycles. The van der Waals surface area contributed by atoms with Crippen LogP contribution in [0.4, 0.5) is 9.59 Å². The highest BCUT2D eigenvalue weighted by Crippen LogP contribution is 2.02. The van der Waals surface area contributed by atoms with E-state index in [2.05, 4.69) is 20.1 Å². The molecule has 0 aliphatic rings. The summed E-state index contributed by atoms with van der Waals surface area (Å²) in [5.41, 5.74) is 0.334. The van der Waals surface area contributed by atoms with Gasteiger partial charge in [-0.3, -0.25) is 15.4 Å². The van der Waals surface area contributed by atoms with Crippen molar-refractivity contribution in [3.05, 3.63) is 35.9 Å². The predicted octanol–water partition coefficient (Wildman–Crippen LogP) is 0.907. The Morgan fingerprint density at radius 2 is 1.42 bits per heavy atom. The molecule has 0 saturated carbocycles. The van der Waals surface area contributed by atoms with Crippen molar-refractivity contribution in [1.29, 1.82) is 0 Å². The van der Waals surface area contributed by atoms with E-state index in [9.17, 15) is 14.4 Å². The molecule has 0 atom stereocenters. The number of benzene rings is 1. The van der Waals surface area contributed by atoms with E-state index in [4.69, 9.17) is 0 Å². The fraction of sp³-hybridized carbons (Fsp3) is 0.250. The molecule has 19 heavy (non-hydrogen) atoms. The molecule has 1 aromatic carbocycles. The number of carbonyl (C=O) groups is 3. The van der Waals surface area contributed by atoms with Crippen molar-refractivity contribution in [1.82, 2.24) is 10.6 Å². The predicted molar refractivity (Wildman–Crippen MR) is 65.6 cm³/mol. The minimum absolute atomic E-state index is 0.334. The number of ketones is 1. The third kappa shape index (κ3) is 4.30. The number of rotatable bonds is 4. The summed E-state index contributed by atoms with van der Waals surface area (Å²) in [6.45, 7) is 0. The van der Waals surface area contributed by atoms with Gasteiger partial charge in [0.1, 0.15) is 0 Å². The fourth-order valence-corrected chi connectivity index (χ4v) is 1.29. The number of amides is 2. The first-order valence-electron chi connectivity index (χ1n) is 5.36. The molecule has 0 spiro atoms. The van der Waals surface area contributed by atoms with Crippen LogP contribution in [-0.4, -0.2) is 38.4 Å². The normalized spacial score (nSPS) is 9.63. The molecule has 0 saturated heterocycles. The molecule has 1 rings (SSSR count). The standard InChI is InChI=1S/C12H14N2O5/c1-18-11(16)13-10(14-12(17)19-2)9(15)8-6-4-3-5-7-8/h3-7,10H,1-2H3,(H,13,16)(H,14,17). The summed E-state index contributed by atoms with van der Waals surface area (Å²) < 4.78 is 8.78. The van der Waals surface area contributed by atoms with E-state index in [1.165, 1.54) is 0 Å². The van der Waals surface area contributed by atoms with Gasteiger partial charge in [0.25, 0.3) is 0 Å². The van der Waals surface area contributed by atoms with Crippen molar-refractivity contribution in [2.24, 2.45) is 0 Å². The highest BCUT2D eigenvalue weighted by Gasteiger charge is 2.24. The van der Waals surface area contributed by atoms with Gasteiger partial charge in [0, 0.05) is 5.56 Å². The molecule has 0 aliphatic carbocycles. The van der Waals surface area contributed by atoms with Gasteiger partial charge in [-0.25, -0.2) is 9.59 Å². The molecule has 102 valence electrons. The SMILES string of the molecule is COC(=O)NC(NC(=O)OC)C(=O)c1ccccc1. The van der Waals surface area contributed by atoms with Crippen molar-refractivity contribution in [2.75, 3.05) is 14.2 Å². The van der Waals surface area contributed by atoms with Gasteiger partial charge in [0.15, 0.2) is 6.17 Å². The van der Waals surface area contributed by atoms with Gasteiger partial charge in [-0.2, -0.15) is 0 Å². The van der Waals surface area contributed by atoms with E-state index in [-0.39, 0.29) is 0 Å². The number of ether oxygens (including phenoxy) is 2. The van der Waals surface area contributed by atoms with Gasteiger partial charge in [-0.05, 0) is 0 Å². The molecule has 2 amide bonds. The van der Waals surface area contributed by atoms with Crippen LogP contribution >= 0.6 is 0 Å². The first kappa shape index (κ1) is 14.5. The number of Topliss-reactive ketones (excluding diaryl/α,β-unsaturated/α-hetero) is 1. The van der Waals surface area contributed by atoms with Crippen molar-refractivity contribution < 1.29 is 23.9 Å². The topological polar surface area (TPSA) is 93.7 Å². The number of carbonyl (C=O) groups excluding carboxylic acids is 3. The zero-order valence-electron chi connectivity index (χ0n) is 10.5. The zero-order chi connectivity index (χ0) is 14.3. The van der Waals surface area contributed by atoms with Gasteiger partial charge in [0.05, 0.1) is 14.2 Å². The highest BCUT2D eigenvalue weighted by atomic mass is 16.5. The van der Waals surface area contributed by atoms with E-state index in [0.29, 0.717) is 5.56 Å². The smallest absolute Gasteiger partial charge is 0.408 e. The van der Waals surface area contributed by atoms with Gasteiger partial charge in [-0.15, -0.1) is 0 Å². The second-order valence-electron chi connectivity index (χ2n) is 3.44. The maximum Gasteiger partial charge on any atom is 0.408 e. The van der Waals surface area contributed by atoms with Crippen LogP contribution in [-0.2, 0) is 9.47 Å². The lowest BCUT2D eigenvalue weighted by Crippen LogP contribution is -2.52. The van der Waals surface area contributed by atoms with E-state index >= 15 is 0 Å². The Hall–Kier alpha value is -2.57. The maximum absolute atomic E-state index is 12.1. The maximum atomic E-state index is 12.1. The highest BCUT2D eigenvalue weighted by molar-refractivity contribution is 6.02. The third-order valence-corrected chi connectivity index (χ3v) is 2.22. The number of methoxy groups -OCH3 is 2. The van der Waals surface area contributed by atoms with Gasteiger partial charge >= 0.3 is 12.2 Å². The Labute approximate surface area is 109 Å². The molecule has 7 nitrogen and oxygen atoms in total. The molecule has 0 heterocycles. The third-order valence-electron chi connectivity index (χ3n) is 2.22.